The number of benzene rings is 3. The second-order valence-electron chi connectivity index (χ2n) is 8.22. The van der Waals surface area contributed by atoms with Gasteiger partial charge in [0, 0.05) is 45.0 Å². The van der Waals surface area contributed by atoms with Gasteiger partial charge >= 0.3 is 0 Å². The van der Waals surface area contributed by atoms with Gasteiger partial charge in [-0.3, -0.25) is 9.91 Å². The van der Waals surface area contributed by atoms with Gasteiger partial charge in [0.1, 0.15) is 0 Å². The molecule has 0 radical (unpaired) electrons. The van der Waals surface area contributed by atoms with Crippen LogP contribution >= 0.6 is 0 Å². The summed E-state index contributed by atoms with van der Waals surface area (Å²) in [7, 11) is 0. The number of rotatable bonds is 8. The highest BCUT2D eigenvalue weighted by molar-refractivity contribution is 5.80. The summed E-state index contributed by atoms with van der Waals surface area (Å²) in [4.78, 5) is 4.94. The Morgan fingerprint density at radius 3 is 1.78 bits per heavy atom. The van der Waals surface area contributed by atoms with Gasteiger partial charge in [-0.2, -0.15) is 5.10 Å². The minimum atomic E-state index is 0.288. The second-order valence-corrected chi connectivity index (χ2v) is 8.22. The predicted octanol–water partition coefficient (Wildman–Crippen LogP) is 5.27. The summed E-state index contributed by atoms with van der Waals surface area (Å²) in [6, 6.07) is 30.7. The van der Waals surface area contributed by atoms with Crippen molar-refractivity contribution in [2.45, 2.75) is 19.9 Å². The first-order chi connectivity index (χ1) is 15.8. The van der Waals surface area contributed by atoms with E-state index in [1.165, 1.54) is 16.8 Å². The summed E-state index contributed by atoms with van der Waals surface area (Å²) in [5.41, 5.74) is 5.12. The third-order valence-electron chi connectivity index (χ3n) is 6.28. The van der Waals surface area contributed by atoms with Crippen molar-refractivity contribution >= 4 is 11.9 Å². The maximum Gasteiger partial charge on any atom is 0.0603 e. The van der Waals surface area contributed by atoms with E-state index in [1.54, 1.807) is 0 Å². The molecule has 1 fully saturated rings. The van der Waals surface area contributed by atoms with Gasteiger partial charge in [-0.25, -0.2) is 0 Å². The van der Waals surface area contributed by atoms with Crippen LogP contribution in [0.15, 0.2) is 90.0 Å². The van der Waals surface area contributed by atoms with Gasteiger partial charge in [0.2, 0.25) is 0 Å². The van der Waals surface area contributed by atoms with Gasteiger partial charge in [-0.05, 0) is 42.7 Å². The molecule has 32 heavy (non-hydrogen) atoms. The van der Waals surface area contributed by atoms with Crippen molar-refractivity contribution in [1.82, 2.24) is 9.91 Å². The summed E-state index contributed by atoms with van der Waals surface area (Å²) in [5.74, 6) is 0. The second kappa shape index (κ2) is 11.0. The number of hydrazone groups is 1. The molecule has 3 aromatic rings. The van der Waals surface area contributed by atoms with Crippen LogP contribution in [-0.2, 0) is 0 Å². The first kappa shape index (κ1) is 22.1. The Hall–Kier alpha value is -3.11. The molecular formula is C28H34N4. The van der Waals surface area contributed by atoms with Gasteiger partial charge in [0.15, 0.2) is 0 Å². The highest BCUT2D eigenvalue weighted by Crippen LogP contribution is 2.29. The molecule has 1 saturated heterocycles. The van der Waals surface area contributed by atoms with Gasteiger partial charge in [-0.1, -0.05) is 72.8 Å². The molecule has 0 atom stereocenters. The maximum atomic E-state index is 4.78. The van der Waals surface area contributed by atoms with Crippen LogP contribution in [0.5, 0.6) is 0 Å². The molecule has 166 valence electrons. The fraction of sp³-hybridized carbons (Fsp3) is 0.321. The molecule has 1 heterocycles. The third kappa shape index (κ3) is 5.38. The molecule has 1 aliphatic heterocycles. The fourth-order valence-corrected chi connectivity index (χ4v) is 4.48. The lowest BCUT2D eigenvalue weighted by Crippen LogP contribution is -2.45. The molecule has 4 heteroatoms. The highest BCUT2D eigenvalue weighted by Gasteiger charge is 2.25. The lowest BCUT2D eigenvalue weighted by Gasteiger charge is -2.38. The van der Waals surface area contributed by atoms with Crippen LogP contribution in [0.1, 0.15) is 36.6 Å². The summed E-state index contributed by atoms with van der Waals surface area (Å²) >= 11 is 0. The highest BCUT2D eigenvalue weighted by atomic mass is 15.5. The van der Waals surface area contributed by atoms with Crippen LogP contribution in [0.2, 0.25) is 0 Å². The van der Waals surface area contributed by atoms with Crippen LogP contribution in [0.4, 0.5) is 5.69 Å². The molecule has 3 aromatic carbocycles. The molecular weight excluding hydrogens is 392 g/mol. The standard InChI is InChI=1S/C28H34N4/c1-3-30(4-2)27-17-15-24(16-18-27)23-29-32-21-19-31(20-22-32)28(25-11-7-5-8-12-25)26-13-9-6-10-14-26/h5-18,23,28H,3-4,19-22H2,1-2H3/b29-23-. The van der Waals surface area contributed by atoms with E-state index in [0.717, 1.165) is 44.8 Å². The Balaban J connectivity index is 1.39. The molecule has 4 rings (SSSR count). The molecule has 0 aromatic heterocycles. The predicted molar refractivity (Wildman–Crippen MR) is 135 cm³/mol. The lowest BCUT2D eigenvalue weighted by atomic mass is 9.96. The van der Waals surface area contributed by atoms with Crippen molar-refractivity contribution in [2.24, 2.45) is 5.10 Å². The van der Waals surface area contributed by atoms with E-state index in [2.05, 4.69) is 114 Å². The number of nitrogens with zero attached hydrogens (tertiary/aromatic N) is 4. The Morgan fingerprint density at radius 1 is 0.750 bits per heavy atom. The number of anilines is 1. The lowest BCUT2D eigenvalue weighted by molar-refractivity contribution is 0.113. The van der Waals surface area contributed by atoms with Gasteiger partial charge in [0.25, 0.3) is 0 Å². The molecule has 0 bridgehead atoms. The Bertz CT molecular complexity index is 918. The zero-order valence-electron chi connectivity index (χ0n) is 19.3. The van der Waals surface area contributed by atoms with E-state index in [0.29, 0.717) is 0 Å². The van der Waals surface area contributed by atoms with E-state index >= 15 is 0 Å². The zero-order chi connectivity index (χ0) is 22.2. The van der Waals surface area contributed by atoms with Gasteiger partial charge in [-0.15, -0.1) is 0 Å². The minimum Gasteiger partial charge on any atom is -0.372 e. The van der Waals surface area contributed by atoms with Crippen molar-refractivity contribution in [1.29, 1.82) is 0 Å². The first-order valence-electron chi connectivity index (χ1n) is 11.8. The smallest absolute Gasteiger partial charge is 0.0603 e. The van der Waals surface area contributed by atoms with Crippen LogP contribution in [-0.4, -0.2) is 55.4 Å². The van der Waals surface area contributed by atoms with Crippen molar-refractivity contribution < 1.29 is 0 Å². The topological polar surface area (TPSA) is 22.1 Å². The van der Waals surface area contributed by atoms with Crippen molar-refractivity contribution in [3.8, 4) is 0 Å². The SMILES string of the molecule is CCN(CC)c1ccc(/C=N\N2CCN(C(c3ccccc3)c3ccccc3)CC2)cc1. The molecule has 0 aliphatic carbocycles. The van der Waals surface area contributed by atoms with E-state index in [9.17, 15) is 0 Å². The minimum absolute atomic E-state index is 0.288. The largest absolute Gasteiger partial charge is 0.372 e. The Morgan fingerprint density at radius 2 is 1.28 bits per heavy atom. The fourth-order valence-electron chi connectivity index (χ4n) is 4.48. The Labute approximate surface area is 192 Å². The average molecular weight is 427 g/mol. The Kier molecular flexibility index (Phi) is 7.57. The van der Waals surface area contributed by atoms with Crippen LogP contribution in [0.3, 0.4) is 0 Å². The van der Waals surface area contributed by atoms with Crippen molar-refractivity contribution in [3.63, 3.8) is 0 Å². The van der Waals surface area contributed by atoms with Gasteiger partial charge < -0.3 is 4.90 Å². The van der Waals surface area contributed by atoms with Crippen LogP contribution in [0.25, 0.3) is 0 Å². The molecule has 0 amide bonds. The van der Waals surface area contributed by atoms with Crippen molar-refractivity contribution in [2.75, 3.05) is 44.2 Å². The third-order valence-corrected chi connectivity index (χ3v) is 6.28. The van der Waals surface area contributed by atoms with Crippen LogP contribution in [0, 0.1) is 0 Å². The summed E-state index contributed by atoms with van der Waals surface area (Å²) in [5, 5.41) is 6.97. The molecule has 0 N–H and O–H groups in total. The molecule has 4 nitrogen and oxygen atoms in total. The van der Waals surface area contributed by atoms with E-state index in [4.69, 9.17) is 5.10 Å². The first-order valence-corrected chi connectivity index (χ1v) is 11.8. The molecule has 0 saturated carbocycles. The average Bonchev–Trinajstić information content (AvgIpc) is 2.87. The van der Waals surface area contributed by atoms with Crippen molar-refractivity contribution in [3.05, 3.63) is 102 Å². The molecule has 0 spiro atoms. The van der Waals surface area contributed by atoms with E-state index in [-0.39, 0.29) is 6.04 Å². The summed E-state index contributed by atoms with van der Waals surface area (Å²) < 4.78 is 0. The summed E-state index contributed by atoms with van der Waals surface area (Å²) in [6.07, 6.45) is 1.99. The number of piperazine rings is 1. The van der Waals surface area contributed by atoms with Crippen LogP contribution < -0.4 is 4.90 Å². The molecule has 0 unspecified atom stereocenters. The normalized spacial score (nSPS) is 14.9. The zero-order valence-corrected chi connectivity index (χ0v) is 19.3. The molecule has 1 aliphatic rings. The quantitative estimate of drug-likeness (QED) is 0.458. The maximum absolute atomic E-state index is 4.78. The number of hydrogen-bond acceptors (Lipinski definition) is 4. The summed E-state index contributed by atoms with van der Waals surface area (Å²) in [6.45, 7) is 10.3. The van der Waals surface area contributed by atoms with E-state index < -0.39 is 0 Å². The van der Waals surface area contributed by atoms with Gasteiger partial charge in [0.05, 0.1) is 12.3 Å². The monoisotopic (exact) mass is 426 g/mol. The van der Waals surface area contributed by atoms with E-state index in [1.807, 2.05) is 6.21 Å². The number of hydrogen-bond donors (Lipinski definition) is 0.